The van der Waals surface area contributed by atoms with E-state index in [2.05, 4.69) is 10.3 Å². The van der Waals surface area contributed by atoms with E-state index in [4.69, 9.17) is 0 Å². The molecule has 1 N–H and O–H groups in total. The third-order valence-electron chi connectivity index (χ3n) is 4.58. The molecule has 0 spiro atoms. The number of nitro groups is 1. The zero-order valence-corrected chi connectivity index (χ0v) is 11.9. The lowest BCUT2D eigenvalue weighted by atomic mass is 10.0. The topological polar surface area (TPSA) is 88.4 Å². The summed E-state index contributed by atoms with van der Waals surface area (Å²) in [4.78, 5) is 28.9. The van der Waals surface area contributed by atoms with Crippen molar-refractivity contribution in [3.63, 3.8) is 0 Å². The van der Waals surface area contributed by atoms with Crippen molar-refractivity contribution in [3.05, 3.63) is 27.9 Å². The number of aromatic nitrogens is 1. The van der Waals surface area contributed by atoms with Gasteiger partial charge in [-0.1, -0.05) is 6.42 Å². The van der Waals surface area contributed by atoms with Crippen LogP contribution in [0.2, 0.25) is 0 Å². The minimum absolute atomic E-state index is 0.124. The maximum atomic E-state index is 12.6. The second-order valence-electron chi connectivity index (χ2n) is 5.76. The fraction of sp³-hybridized carbons (Fsp3) is 0.571. The van der Waals surface area contributed by atoms with Gasteiger partial charge in [-0.2, -0.15) is 0 Å². The molecule has 2 atom stereocenters. The first-order chi connectivity index (χ1) is 10.1. The Kier molecular flexibility index (Phi) is 3.48. The minimum atomic E-state index is -0.545. The molecule has 2 unspecified atom stereocenters. The van der Waals surface area contributed by atoms with Crippen molar-refractivity contribution in [1.82, 2.24) is 9.88 Å². The monoisotopic (exact) mass is 290 g/mol. The molecule has 1 saturated heterocycles. The number of nitrogens with one attached hydrogen (secondary N) is 1. The smallest absolute Gasteiger partial charge is 0.300 e. The van der Waals surface area contributed by atoms with Crippen LogP contribution in [0.15, 0.2) is 12.3 Å². The van der Waals surface area contributed by atoms with Gasteiger partial charge >= 0.3 is 0 Å². The quantitative estimate of drug-likeness (QED) is 0.678. The summed E-state index contributed by atoms with van der Waals surface area (Å²) in [6.45, 7) is 1.44. The number of likely N-dealkylation sites (tertiary alicyclic amines) is 1. The normalized spacial score (nSPS) is 24.0. The molecule has 1 saturated carbocycles. The van der Waals surface area contributed by atoms with Crippen molar-refractivity contribution >= 4 is 17.4 Å². The Balaban J connectivity index is 1.88. The van der Waals surface area contributed by atoms with E-state index in [1.807, 2.05) is 0 Å². The van der Waals surface area contributed by atoms with Gasteiger partial charge in [0, 0.05) is 26.2 Å². The molecule has 0 radical (unpaired) electrons. The highest BCUT2D eigenvalue weighted by molar-refractivity contribution is 5.98. The number of carbonyl (C=O) groups excluding carboxylic acids is 1. The molecule has 0 bridgehead atoms. The fourth-order valence-corrected chi connectivity index (χ4v) is 3.47. The van der Waals surface area contributed by atoms with Crippen LogP contribution in [0, 0.1) is 22.0 Å². The number of pyridine rings is 1. The first kappa shape index (κ1) is 13.8. The molecule has 7 nitrogen and oxygen atoms in total. The zero-order valence-electron chi connectivity index (χ0n) is 11.9. The van der Waals surface area contributed by atoms with Crippen LogP contribution in [-0.2, 0) is 0 Å². The van der Waals surface area contributed by atoms with Gasteiger partial charge in [-0.15, -0.1) is 0 Å². The average Bonchev–Trinajstić information content (AvgIpc) is 3.06. The van der Waals surface area contributed by atoms with Crippen molar-refractivity contribution in [2.75, 3.05) is 25.5 Å². The molecular weight excluding hydrogens is 272 g/mol. The van der Waals surface area contributed by atoms with Crippen LogP contribution >= 0.6 is 0 Å². The molecule has 2 fully saturated rings. The average molecular weight is 290 g/mol. The Morgan fingerprint density at radius 1 is 1.43 bits per heavy atom. The first-order valence-corrected chi connectivity index (χ1v) is 7.21. The van der Waals surface area contributed by atoms with E-state index in [-0.39, 0.29) is 17.2 Å². The molecular formula is C14H18N4O3. The van der Waals surface area contributed by atoms with Gasteiger partial charge in [0.15, 0.2) is 0 Å². The predicted octanol–water partition coefficient (Wildman–Crippen LogP) is 1.90. The first-order valence-electron chi connectivity index (χ1n) is 7.21. The van der Waals surface area contributed by atoms with E-state index >= 15 is 0 Å². The Hall–Kier alpha value is -2.18. The van der Waals surface area contributed by atoms with Gasteiger partial charge in [0.2, 0.25) is 0 Å². The van der Waals surface area contributed by atoms with Gasteiger partial charge in [-0.3, -0.25) is 14.9 Å². The summed E-state index contributed by atoms with van der Waals surface area (Å²) in [5, 5.41) is 13.9. The molecule has 21 heavy (non-hydrogen) atoms. The van der Waals surface area contributed by atoms with Crippen LogP contribution in [0.1, 0.15) is 29.6 Å². The predicted molar refractivity (Wildman–Crippen MR) is 77.2 cm³/mol. The van der Waals surface area contributed by atoms with E-state index in [0.717, 1.165) is 32.1 Å². The highest BCUT2D eigenvalue weighted by Gasteiger charge is 2.39. The Labute approximate surface area is 122 Å². The molecule has 112 valence electrons. The van der Waals surface area contributed by atoms with Crippen molar-refractivity contribution in [2.24, 2.45) is 11.8 Å². The lowest BCUT2D eigenvalue weighted by Crippen LogP contribution is -2.30. The molecule has 7 heteroatoms. The standard InChI is InChI=1S/C14H18N4O3/c1-15-13-5-11(12(6-16-13)18(20)21)14(19)17-7-9-3-2-4-10(9)8-17/h5-6,9-10H,2-4,7-8H2,1H3,(H,15,16). The number of rotatable bonds is 3. The number of carbonyl (C=O) groups is 1. The second-order valence-corrected chi connectivity index (χ2v) is 5.76. The molecule has 1 aromatic rings. The van der Waals surface area contributed by atoms with Crippen LogP contribution in [-0.4, -0.2) is 40.9 Å². The molecule has 1 aliphatic heterocycles. The van der Waals surface area contributed by atoms with Crippen molar-refractivity contribution in [2.45, 2.75) is 19.3 Å². The SMILES string of the molecule is CNc1cc(C(=O)N2CC3CCCC3C2)c([N+](=O)[O-])cn1. The molecule has 2 aliphatic rings. The number of hydrogen-bond acceptors (Lipinski definition) is 5. The summed E-state index contributed by atoms with van der Waals surface area (Å²) in [7, 11) is 1.67. The largest absolute Gasteiger partial charge is 0.373 e. The van der Waals surface area contributed by atoms with Gasteiger partial charge in [0.25, 0.3) is 11.6 Å². The van der Waals surface area contributed by atoms with Crippen molar-refractivity contribution < 1.29 is 9.72 Å². The molecule has 1 aliphatic carbocycles. The maximum Gasteiger partial charge on any atom is 0.300 e. The summed E-state index contributed by atoms with van der Waals surface area (Å²) in [6.07, 6.45) is 4.70. The molecule has 1 aromatic heterocycles. The third-order valence-corrected chi connectivity index (χ3v) is 4.58. The minimum Gasteiger partial charge on any atom is -0.373 e. The summed E-state index contributed by atoms with van der Waals surface area (Å²) < 4.78 is 0. The lowest BCUT2D eigenvalue weighted by molar-refractivity contribution is -0.385. The summed E-state index contributed by atoms with van der Waals surface area (Å²) in [5.74, 6) is 1.34. The Morgan fingerprint density at radius 3 is 2.67 bits per heavy atom. The molecule has 1 amide bonds. The number of hydrogen-bond donors (Lipinski definition) is 1. The van der Waals surface area contributed by atoms with Gasteiger partial charge in [-0.25, -0.2) is 4.98 Å². The molecule has 2 heterocycles. The highest BCUT2D eigenvalue weighted by Crippen LogP contribution is 2.38. The summed E-state index contributed by atoms with van der Waals surface area (Å²) in [5.41, 5.74) is -0.101. The van der Waals surface area contributed by atoms with Crippen molar-refractivity contribution in [3.8, 4) is 0 Å². The number of fused-ring (bicyclic) bond motifs is 1. The van der Waals surface area contributed by atoms with Gasteiger partial charge in [0.05, 0.1) is 4.92 Å². The van der Waals surface area contributed by atoms with Crippen LogP contribution in [0.5, 0.6) is 0 Å². The van der Waals surface area contributed by atoms with Crippen molar-refractivity contribution in [1.29, 1.82) is 0 Å². The Morgan fingerprint density at radius 2 is 2.10 bits per heavy atom. The maximum absolute atomic E-state index is 12.6. The second kappa shape index (κ2) is 5.31. The lowest BCUT2D eigenvalue weighted by Gasteiger charge is -2.17. The molecule has 3 rings (SSSR count). The third kappa shape index (κ3) is 2.43. The number of anilines is 1. The number of amides is 1. The van der Waals surface area contributed by atoms with Crippen LogP contribution < -0.4 is 5.32 Å². The summed E-state index contributed by atoms with van der Waals surface area (Å²) >= 11 is 0. The van der Waals surface area contributed by atoms with E-state index < -0.39 is 4.92 Å². The summed E-state index contributed by atoms with van der Waals surface area (Å²) in [6, 6.07) is 1.47. The van der Waals surface area contributed by atoms with E-state index in [1.54, 1.807) is 11.9 Å². The van der Waals surface area contributed by atoms with Crippen LogP contribution in [0.3, 0.4) is 0 Å². The van der Waals surface area contributed by atoms with E-state index in [0.29, 0.717) is 17.7 Å². The van der Waals surface area contributed by atoms with E-state index in [9.17, 15) is 14.9 Å². The van der Waals surface area contributed by atoms with Gasteiger partial charge in [-0.05, 0) is 24.7 Å². The Bertz CT molecular complexity index is 578. The molecule has 0 aromatic carbocycles. The van der Waals surface area contributed by atoms with E-state index in [1.165, 1.54) is 12.5 Å². The zero-order chi connectivity index (χ0) is 15.0. The van der Waals surface area contributed by atoms with Gasteiger partial charge in [0.1, 0.15) is 17.6 Å². The number of nitrogens with zero attached hydrogens (tertiary/aromatic N) is 3. The fourth-order valence-electron chi connectivity index (χ4n) is 3.47. The van der Waals surface area contributed by atoms with Crippen LogP contribution in [0.4, 0.5) is 11.5 Å². The highest BCUT2D eigenvalue weighted by atomic mass is 16.6. The van der Waals surface area contributed by atoms with Gasteiger partial charge < -0.3 is 10.2 Å². The van der Waals surface area contributed by atoms with Crippen LogP contribution in [0.25, 0.3) is 0 Å².